The number of nitrogens with zero attached hydrogens (tertiary/aromatic N) is 1. The van der Waals surface area contributed by atoms with E-state index in [1.165, 1.54) is 6.92 Å². The van der Waals surface area contributed by atoms with Crippen molar-refractivity contribution in [2.45, 2.75) is 44.8 Å². The number of aliphatic hydroxyl groups is 1. The number of ketones is 1. The van der Waals surface area contributed by atoms with Gasteiger partial charge < -0.3 is 14.7 Å². The molecule has 2 atom stereocenters. The molecule has 2 aromatic carbocycles. The smallest absolute Gasteiger partial charge is 0.411 e. The Balaban J connectivity index is 1.79. The zero-order chi connectivity index (χ0) is 20.1. The Kier molecular flexibility index (Phi) is 6.15. The number of hydrogen-bond acceptors (Lipinski definition) is 4. The lowest BCUT2D eigenvalue weighted by molar-refractivity contribution is -0.0680. The van der Waals surface area contributed by atoms with Crippen LogP contribution in [0, 0.1) is 0 Å². The molecule has 148 valence electrons. The predicted molar refractivity (Wildman–Crippen MR) is 107 cm³/mol. The molecule has 1 amide bonds. The molecule has 0 unspecified atom stereocenters. The number of Topliss-reactive ketones (excluding diaryl/α,β-unsaturated/α-hetero) is 1. The number of benzene rings is 2. The lowest BCUT2D eigenvalue weighted by atomic mass is 9.84. The summed E-state index contributed by atoms with van der Waals surface area (Å²) in [6.07, 6.45) is 1.48. The molecule has 1 fully saturated rings. The summed E-state index contributed by atoms with van der Waals surface area (Å²) < 4.78 is 6.00. The third-order valence-electron chi connectivity index (χ3n) is 5.58. The van der Waals surface area contributed by atoms with Crippen LogP contribution in [0.1, 0.15) is 60.6 Å². The fraction of sp³-hybridized carbons (Fsp3) is 0.391. The van der Waals surface area contributed by atoms with E-state index in [0.29, 0.717) is 31.4 Å². The summed E-state index contributed by atoms with van der Waals surface area (Å²) in [7, 11) is 0. The van der Waals surface area contributed by atoms with Crippen molar-refractivity contribution in [3.63, 3.8) is 0 Å². The van der Waals surface area contributed by atoms with Crippen LogP contribution in [0.2, 0.25) is 0 Å². The van der Waals surface area contributed by atoms with Crippen LogP contribution >= 0.6 is 0 Å². The highest BCUT2D eigenvalue weighted by atomic mass is 16.6. The lowest BCUT2D eigenvalue weighted by Crippen LogP contribution is -2.48. The van der Waals surface area contributed by atoms with Crippen LogP contribution in [-0.4, -0.2) is 35.0 Å². The molecule has 0 spiro atoms. The van der Waals surface area contributed by atoms with Gasteiger partial charge in [0, 0.05) is 25.1 Å². The molecule has 1 aliphatic rings. The topological polar surface area (TPSA) is 66.8 Å². The van der Waals surface area contributed by atoms with Crippen LogP contribution in [-0.2, 0) is 10.3 Å². The number of hydrogen-bond donors (Lipinski definition) is 1. The van der Waals surface area contributed by atoms with Gasteiger partial charge in [0.25, 0.3) is 0 Å². The molecular weight excluding hydrogens is 354 g/mol. The van der Waals surface area contributed by atoms with E-state index in [9.17, 15) is 14.7 Å². The Morgan fingerprint density at radius 2 is 1.86 bits per heavy atom. The molecule has 28 heavy (non-hydrogen) atoms. The number of ether oxygens (including phenoxy) is 1. The third-order valence-corrected chi connectivity index (χ3v) is 5.58. The van der Waals surface area contributed by atoms with Crippen LogP contribution in [0.15, 0.2) is 54.6 Å². The normalized spacial score (nSPS) is 20.5. The molecule has 0 bridgehead atoms. The highest BCUT2D eigenvalue weighted by Gasteiger charge is 2.43. The van der Waals surface area contributed by atoms with Gasteiger partial charge in [-0.3, -0.25) is 4.79 Å². The summed E-state index contributed by atoms with van der Waals surface area (Å²) in [5.41, 5.74) is 1.89. The Morgan fingerprint density at radius 3 is 2.43 bits per heavy atom. The Morgan fingerprint density at radius 1 is 1.18 bits per heavy atom. The number of carbonyl (C=O) groups excluding carboxylic acids is 2. The van der Waals surface area contributed by atoms with Crippen molar-refractivity contribution in [3.05, 3.63) is 71.3 Å². The highest BCUT2D eigenvalue weighted by Crippen LogP contribution is 2.40. The molecule has 1 N–H and O–H groups in total. The second kappa shape index (κ2) is 8.57. The van der Waals surface area contributed by atoms with Crippen LogP contribution in [0.4, 0.5) is 4.79 Å². The third kappa shape index (κ3) is 4.09. The highest BCUT2D eigenvalue weighted by molar-refractivity contribution is 5.94. The molecule has 1 saturated heterocycles. The summed E-state index contributed by atoms with van der Waals surface area (Å²) in [6.45, 7) is 4.13. The molecule has 5 nitrogen and oxygen atoms in total. The van der Waals surface area contributed by atoms with Crippen LogP contribution in [0.25, 0.3) is 0 Å². The maximum absolute atomic E-state index is 12.9. The van der Waals surface area contributed by atoms with E-state index in [2.05, 4.69) is 0 Å². The summed E-state index contributed by atoms with van der Waals surface area (Å²) in [6, 6.07) is 17.0. The molecule has 5 heteroatoms. The van der Waals surface area contributed by atoms with Crippen molar-refractivity contribution in [2.75, 3.05) is 13.2 Å². The van der Waals surface area contributed by atoms with Gasteiger partial charge in [0.05, 0.1) is 6.04 Å². The maximum atomic E-state index is 12.9. The second-order valence-electron chi connectivity index (χ2n) is 7.35. The summed E-state index contributed by atoms with van der Waals surface area (Å²) in [5, 5.41) is 9.30. The first kappa shape index (κ1) is 20.1. The Bertz CT molecular complexity index is 818. The lowest BCUT2D eigenvalue weighted by Gasteiger charge is -2.43. The van der Waals surface area contributed by atoms with E-state index < -0.39 is 5.60 Å². The summed E-state index contributed by atoms with van der Waals surface area (Å²) in [5.74, 6) is 0.0214. The van der Waals surface area contributed by atoms with Gasteiger partial charge >= 0.3 is 6.09 Å². The van der Waals surface area contributed by atoms with Crippen LogP contribution < -0.4 is 0 Å². The number of carbonyl (C=O) groups is 2. The van der Waals surface area contributed by atoms with Crippen molar-refractivity contribution in [3.8, 4) is 0 Å². The van der Waals surface area contributed by atoms with Crippen molar-refractivity contribution in [2.24, 2.45) is 0 Å². The van der Waals surface area contributed by atoms with Gasteiger partial charge in [-0.05, 0) is 37.8 Å². The summed E-state index contributed by atoms with van der Waals surface area (Å²) >= 11 is 0. The minimum atomic E-state index is -0.699. The first-order chi connectivity index (χ1) is 13.5. The molecule has 1 heterocycles. The first-order valence-corrected chi connectivity index (χ1v) is 9.74. The minimum Gasteiger partial charge on any atom is -0.438 e. The Labute approximate surface area is 165 Å². The number of amides is 1. The van der Waals surface area contributed by atoms with Crippen LogP contribution in [0.3, 0.4) is 0 Å². The molecule has 0 radical (unpaired) electrons. The maximum Gasteiger partial charge on any atom is 0.411 e. The predicted octanol–water partition coefficient (Wildman–Crippen LogP) is 4.46. The molecule has 3 rings (SSSR count). The van der Waals surface area contributed by atoms with E-state index in [1.54, 1.807) is 17.0 Å². The van der Waals surface area contributed by atoms with Gasteiger partial charge in [0.15, 0.2) is 5.78 Å². The van der Waals surface area contributed by atoms with E-state index >= 15 is 0 Å². The molecule has 2 aromatic rings. The van der Waals surface area contributed by atoms with Gasteiger partial charge in [0.2, 0.25) is 0 Å². The summed E-state index contributed by atoms with van der Waals surface area (Å²) in [4.78, 5) is 26.1. The quantitative estimate of drug-likeness (QED) is 0.719. The van der Waals surface area contributed by atoms with Crippen molar-refractivity contribution >= 4 is 11.9 Å². The number of rotatable bonds is 7. The van der Waals surface area contributed by atoms with Crippen molar-refractivity contribution < 1.29 is 19.4 Å². The minimum absolute atomic E-state index is 0.0214. The van der Waals surface area contributed by atoms with E-state index in [4.69, 9.17) is 4.74 Å². The SMILES string of the molecule is CC(=O)c1ccc([C@H](C)N2CC[C@](CCCO)(c3ccccc3)OC2=O)cc1. The Hall–Kier alpha value is -2.66. The van der Waals surface area contributed by atoms with Gasteiger partial charge in [-0.1, -0.05) is 54.6 Å². The average molecular weight is 381 g/mol. The first-order valence-electron chi connectivity index (χ1n) is 9.74. The van der Waals surface area contributed by atoms with Gasteiger partial charge in [-0.25, -0.2) is 4.79 Å². The number of aliphatic hydroxyl groups excluding tert-OH is 1. The molecular formula is C23H27NO4. The fourth-order valence-corrected chi connectivity index (χ4v) is 3.83. The van der Waals surface area contributed by atoms with Crippen molar-refractivity contribution in [1.29, 1.82) is 0 Å². The molecule has 0 aliphatic carbocycles. The van der Waals surface area contributed by atoms with E-state index in [-0.39, 0.29) is 24.5 Å². The van der Waals surface area contributed by atoms with Gasteiger partial charge in [-0.2, -0.15) is 0 Å². The average Bonchev–Trinajstić information content (AvgIpc) is 2.72. The van der Waals surface area contributed by atoms with Gasteiger partial charge in [0.1, 0.15) is 5.60 Å². The second-order valence-corrected chi connectivity index (χ2v) is 7.35. The van der Waals surface area contributed by atoms with Crippen LogP contribution in [0.5, 0.6) is 0 Å². The molecule has 0 saturated carbocycles. The zero-order valence-electron chi connectivity index (χ0n) is 16.4. The van der Waals surface area contributed by atoms with Crippen molar-refractivity contribution in [1.82, 2.24) is 4.90 Å². The molecule has 0 aromatic heterocycles. The van der Waals surface area contributed by atoms with E-state index in [1.807, 2.05) is 49.4 Å². The largest absolute Gasteiger partial charge is 0.438 e. The number of cyclic esters (lactones) is 1. The zero-order valence-corrected chi connectivity index (χ0v) is 16.4. The van der Waals surface area contributed by atoms with Gasteiger partial charge in [-0.15, -0.1) is 0 Å². The van der Waals surface area contributed by atoms with E-state index in [0.717, 1.165) is 11.1 Å². The monoisotopic (exact) mass is 381 g/mol. The molecule has 1 aliphatic heterocycles. The standard InChI is InChI=1S/C23H27NO4/c1-17(19-9-11-20(12-10-19)18(2)26)24-15-14-23(13-6-16-25,28-22(24)27)21-7-4-3-5-8-21/h3-5,7-12,17,25H,6,13-16H2,1-2H3/t17-,23+/m0/s1. The fourth-order valence-electron chi connectivity index (χ4n) is 3.83.